The van der Waals surface area contributed by atoms with Crippen LogP contribution in [0.15, 0.2) is 6.07 Å². The second kappa shape index (κ2) is 4.41. The summed E-state index contributed by atoms with van der Waals surface area (Å²) in [6, 6.07) is 3.73. The molecule has 0 bridgehead atoms. The van der Waals surface area contributed by atoms with Crippen LogP contribution >= 0.6 is 0 Å². The Morgan fingerprint density at radius 1 is 1.54 bits per heavy atom. The first-order valence-electron chi connectivity index (χ1n) is 4.10. The molecule has 0 fully saturated rings. The largest absolute Gasteiger partial charge is 0.478 e. The van der Waals surface area contributed by atoms with Crippen molar-refractivity contribution in [1.82, 2.24) is 9.97 Å². The van der Waals surface area contributed by atoms with E-state index in [2.05, 4.69) is 9.97 Å². The van der Waals surface area contributed by atoms with Crippen LogP contribution in [0.5, 0.6) is 5.88 Å². The predicted molar refractivity (Wildman–Crippen MR) is 47.3 cm³/mol. The SMILES string of the molecule is CCOc1cc(CC#N)nc(C)n1. The van der Waals surface area contributed by atoms with E-state index in [1.807, 2.05) is 13.0 Å². The molecule has 1 heterocycles. The molecule has 0 aliphatic carbocycles. The lowest BCUT2D eigenvalue weighted by atomic mass is 10.3. The molecule has 4 heteroatoms. The minimum Gasteiger partial charge on any atom is -0.478 e. The second-order valence-corrected chi connectivity index (χ2v) is 2.51. The average Bonchev–Trinajstić information content (AvgIpc) is 2.04. The first-order chi connectivity index (χ1) is 6.26. The van der Waals surface area contributed by atoms with Gasteiger partial charge >= 0.3 is 0 Å². The minimum absolute atomic E-state index is 0.295. The van der Waals surface area contributed by atoms with E-state index in [9.17, 15) is 0 Å². The summed E-state index contributed by atoms with van der Waals surface area (Å²) in [5, 5.41) is 8.48. The normalized spacial score (nSPS) is 9.31. The molecular formula is C9H11N3O. The van der Waals surface area contributed by atoms with Gasteiger partial charge in [0, 0.05) is 6.07 Å². The highest BCUT2D eigenvalue weighted by atomic mass is 16.5. The van der Waals surface area contributed by atoms with Crippen LogP contribution in [0.4, 0.5) is 0 Å². The van der Waals surface area contributed by atoms with Crippen molar-refractivity contribution in [3.8, 4) is 11.9 Å². The smallest absolute Gasteiger partial charge is 0.216 e. The quantitative estimate of drug-likeness (QED) is 0.697. The Bertz CT molecular complexity index is 330. The van der Waals surface area contributed by atoms with E-state index < -0.39 is 0 Å². The van der Waals surface area contributed by atoms with Crippen LogP contribution < -0.4 is 4.74 Å². The first kappa shape index (κ1) is 9.46. The van der Waals surface area contributed by atoms with Gasteiger partial charge in [0.1, 0.15) is 5.82 Å². The number of aryl methyl sites for hydroxylation is 1. The fourth-order valence-corrected chi connectivity index (χ4v) is 0.993. The zero-order valence-corrected chi connectivity index (χ0v) is 7.74. The zero-order valence-electron chi connectivity index (χ0n) is 7.74. The molecule has 0 aromatic carbocycles. The predicted octanol–water partition coefficient (Wildman–Crippen LogP) is 1.25. The van der Waals surface area contributed by atoms with Gasteiger partial charge in [-0.05, 0) is 13.8 Å². The molecular weight excluding hydrogens is 166 g/mol. The summed E-state index contributed by atoms with van der Waals surface area (Å²) in [7, 11) is 0. The van der Waals surface area contributed by atoms with Crippen molar-refractivity contribution in [2.75, 3.05) is 6.61 Å². The van der Waals surface area contributed by atoms with Crippen LogP contribution in [-0.4, -0.2) is 16.6 Å². The summed E-state index contributed by atoms with van der Waals surface area (Å²) < 4.78 is 5.21. The average molecular weight is 177 g/mol. The summed E-state index contributed by atoms with van der Waals surface area (Å²) in [6.45, 7) is 4.24. The minimum atomic E-state index is 0.295. The Morgan fingerprint density at radius 2 is 2.31 bits per heavy atom. The zero-order chi connectivity index (χ0) is 9.68. The highest BCUT2D eigenvalue weighted by molar-refractivity contribution is 5.18. The first-order valence-corrected chi connectivity index (χ1v) is 4.10. The van der Waals surface area contributed by atoms with Crippen LogP contribution in [0.1, 0.15) is 18.4 Å². The van der Waals surface area contributed by atoms with E-state index in [0.717, 1.165) is 0 Å². The maximum Gasteiger partial charge on any atom is 0.216 e. The van der Waals surface area contributed by atoms with Gasteiger partial charge in [0.2, 0.25) is 5.88 Å². The fourth-order valence-electron chi connectivity index (χ4n) is 0.993. The van der Waals surface area contributed by atoms with Crippen LogP contribution in [0, 0.1) is 18.3 Å². The molecule has 0 N–H and O–H groups in total. The molecule has 0 amide bonds. The third-order valence-corrected chi connectivity index (χ3v) is 1.42. The van der Waals surface area contributed by atoms with E-state index in [1.165, 1.54) is 0 Å². The van der Waals surface area contributed by atoms with E-state index in [1.54, 1.807) is 13.0 Å². The Hall–Kier alpha value is -1.63. The van der Waals surface area contributed by atoms with Crippen LogP contribution in [0.2, 0.25) is 0 Å². The van der Waals surface area contributed by atoms with Crippen LogP contribution in [-0.2, 0) is 6.42 Å². The van der Waals surface area contributed by atoms with Gasteiger partial charge in [0.25, 0.3) is 0 Å². The molecule has 1 aromatic heterocycles. The van der Waals surface area contributed by atoms with E-state index in [4.69, 9.17) is 10.00 Å². The molecule has 13 heavy (non-hydrogen) atoms. The van der Waals surface area contributed by atoms with Crippen molar-refractivity contribution >= 4 is 0 Å². The lowest BCUT2D eigenvalue weighted by molar-refractivity contribution is 0.325. The molecule has 1 rings (SSSR count). The Labute approximate surface area is 77.2 Å². The molecule has 0 aliphatic rings. The van der Waals surface area contributed by atoms with Crippen molar-refractivity contribution < 1.29 is 4.74 Å². The van der Waals surface area contributed by atoms with Crippen molar-refractivity contribution in [3.63, 3.8) is 0 Å². The topological polar surface area (TPSA) is 58.8 Å². The van der Waals surface area contributed by atoms with Gasteiger partial charge in [-0.1, -0.05) is 0 Å². The molecule has 0 saturated carbocycles. The van der Waals surface area contributed by atoms with Gasteiger partial charge < -0.3 is 4.74 Å². The summed E-state index contributed by atoms with van der Waals surface area (Å²) in [5.74, 6) is 1.18. The molecule has 0 unspecified atom stereocenters. The van der Waals surface area contributed by atoms with Gasteiger partial charge in [-0.3, -0.25) is 0 Å². The number of nitriles is 1. The highest BCUT2D eigenvalue weighted by Gasteiger charge is 2.01. The number of nitrogens with zero attached hydrogens (tertiary/aromatic N) is 3. The Morgan fingerprint density at radius 3 is 2.92 bits per heavy atom. The summed E-state index contributed by atoms with van der Waals surface area (Å²) >= 11 is 0. The van der Waals surface area contributed by atoms with Crippen LogP contribution in [0.25, 0.3) is 0 Å². The molecule has 68 valence electrons. The summed E-state index contributed by atoms with van der Waals surface area (Å²) in [6.07, 6.45) is 0.295. The standard InChI is InChI=1S/C9H11N3O/c1-3-13-9-6-8(4-5-10)11-7(2)12-9/h6H,3-4H2,1-2H3. The Balaban J connectivity index is 2.91. The number of aromatic nitrogens is 2. The number of hydrogen-bond donors (Lipinski definition) is 0. The van der Waals surface area contributed by atoms with Gasteiger partial charge in [-0.25, -0.2) is 4.98 Å². The Kier molecular flexibility index (Phi) is 3.21. The van der Waals surface area contributed by atoms with Gasteiger partial charge in [0.05, 0.1) is 24.8 Å². The van der Waals surface area contributed by atoms with Crippen LogP contribution in [0.3, 0.4) is 0 Å². The molecule has 0 saturated heterocycles. The van der Waals surface area contributed by atoms with E-state index in [-0.39, 0.29) is 0 Å². The number of rotatable bonds is 3. The van der Waals surface area contributed by atoms with Crippen molar-refractivity contribution in [3.05, 3.63) is 17.6 Å². The highest BCUT2D eigenvalue weighted by Crippen LogP contribution is 2.09. The van der Waals surface area contributed by atoms with Gasteiger partial charge in [0.15, 0.2) is 0 Å². The molecule has 4 nitrogen and oxygen atoms in total. The third kappa shape index (κ3) is 2.71. The summed E-state index contributed by atoms with van der Waals surface area (Å²) in [4.78, 5) is 8.16. The van der Waals surface area contributed by atoms with E-state index in [0.29, 0.717) is 30.4 Å². The lowest BCUT2D eigenvalue weighted by Gasteiger charge is -2.03. The molecule has 0 spiro atoms. The molecule has 1 aromatic rings. The monoisotopic (exact) mass is 177 g/mol. The third-order valence-electron chi connectivity index (χ3n) is 1.42. The van der Waals surface area contributed by atoms with Crippen molar-refractivity contribution in [2.24, 2.45) is 0 Å². The fraction of sp³-hybridized carbons (Fsp3) is 0.444. The maximum absolute atomic E-state index is 8.48. The molecule has 0 aliphatic heterocycles. The van der Waals surface area contributed by atoms with Crippen molar-refractivity contribution in [1.29, 1.82) is 5.26 Å². The number of ether oxygens (including phenoxy) is 1. The molecule has 0 radical (unpaired) electrons. The van der Waals surface area contributed by atoms with Crippen molar-refractivity contribution in [2.45, 2.75) is 20.3 Å². The van der Waals surface area contributed by atoms with Gasteiger partial charge in [-0.15, -0.1) is 0 Å². The lowest BCUT2D eigenvalue weighted by Crippen LogP contribution is -2.00. The maximum atomic E-state index is 8.48. The van der Waals surface area contributed by atoms with E-state index >= 15 is 0 Å². The summed E-state index contributed by atoms with van der Waals surface area (Å²) in [5.41, 5.74) is 0.707. The second-order valence-electron chi connectivity index (χ2n) is 2.51. The number of hydrogen-bond acceptors (Lipinski definition) is 4. The molecule has 0 atom stereocenters. The van der Waals surface area contributed by atoms with Gasteiger partial charge in [-0.2, -0.15) is 10.2 Å².